The van der Waals surface area contributed by atoms with E-state index >= 15 is 0 Å². The van der Waals surface area contributed by atoms with Gasteiger partial charge in [-0.2, -0.15) is 0 Å². The molecule has 1 heterocycles. The molecule has 0 radical (unpaired) electrons. The van der Waals surface area contributed by atoms with E-state index in [0.29, 0.717) is 0 Å². The zero-order chi connectivity index (χ0) is 10.2. The Bertz CT molecular complexity index is 350. The Balaban J connectivity index is 2.28. The summed E-state index contributed by atoms with van der Waals surface area (Å²) in [6, 6.07) is 1.98. The predicted molar refractivity (Wildman–Crippen MR) is 58.8 cm³/mol. The average Bonchev–Trinajstić information content (AvgIpc) is 2.74. The van der Waals surface area contributed by atoms with Crippen LogP contribution in [0.25, 0.3) is 0 Å². The van der Waals surface area contributed by atoms with Gasteiger partial charge in [-0.1, -0.05) is 12.8 Å². The normalized spacial score (nSPS) is 19.9. The van der Waals surface area contributed by atoms with E-state index in [2.05, 4.69) is 0 Å². The molecule has 2 nitrogen and oxygen atoms in total. The van der Waals surface area contributed by atoms with Crippen molar-refractivity contribution in [3.8, 4) is 0 Å². The van der Waals surface area contributed by atoms with Gasteiger partial charge in [0.25, 0.3) is 0 Å². The van der Waals surface area contributed by atoms with E-state index in [1.165, 1.54) is 11.3 Å². The molecule has 0 saturated heterocycles. The Morgan fingerprint density at radius 2 is 2.14 bits per heavy atom. The minimum atomic E-state index is -0.560. The van der Waals surface area contributed by atoms with E-state index in [9.17, 15) is 4.79 Å². The van der Waals surface area contributed by atoms with Crippen molar-refractivity contribution in [2.75, 3.05) is 0 Å². The second-order valence-corrected chi connectivity index (χ2v) is 5.04. The molecule has 0 amide bonds. The van der Waals surface area contributed by atoms with Crippen LogP contribution in [0.15, 0.2) is 11.4 Å². The van der Waals surface area contributed by atoms with Crippen molar-refractivity contribution < 1.29 is 4.79 Å². The number of aryl methyl sites for hydroxylation is 1. The fourth-order valence-electron chi connectivity index (χ4n) is 2.06. The summed E-state index contributed by atoms with van der Waals surface area (Å²) in [5, 5.41) is 1.96. The predicted octanol–water partition coefficient (Wildman–Crippen LogP) is 2.51. The summed E-state index contributed by atoms with van der Waals surface area (Å²) in [4.78, 5) is 13.0. The van der Waals surface area contributed by atoms with Crippen LogP contribution in [0, 0.1) is 6.92 Å². The van der Waals surface area contributed by atoms with E-state index in [0.717, 1.165) is 36.1 Å². The van der Waals surface area contributed by atoms with Gasteiger partial charge in [-0.15, -0.1) is 11.3 Å². The third-order valence-corrected chi connectivity index (χ3v) is 4.03. The Labute approximate surface area is 88.1 Å². The minimum Gasteiger partial charge on any atom is -0.319 e. The van der Waals surface area contributed by atoms with Gasteiger partial charge in [0.05, 0.1) is 10.4 Å². The topological polar surface area (TPSA) is 43.1 Å². The number of carbonyl (C=O) groups is 1. The second kappa shape index (κ2) is 3.48. The van der Waals surface area contributed by atoms with E-state index in [1.807, 2.05) is 18.4 Å². The molecule has 0 aliphatic heterocycles. The Kier molecular flexibility index (Phi) is 2.45. The van der Waals surface area contributed by atoms with Crippen LogP contribution in [0.4, 0.5) is 0 Å². The fraction of sp³-hybridized carbons (Fsp3) is 0.545. The highest BCUT2D eigenvalue weighted by Gasteiger charge is 2.38. The summed E-state index contributed by atoms with van der Waals surface area (Å²) >= 11 is 1.51. The lowest BCUT2D eigenvalue weighted by Gasteiger charge is -2.21. The van der Waals surface area contributed by atoms with Gasteiger partial charge in [0, 0.05) is 0 Å². The molecule has 0 bridgehead atoms. The van der Waals surface area contributed by atoms with Gasteiger partial charge in [0.1, 0.15) is 0 Å². The van der Waals surface area contributed by atoms with Crippen molar-refractivity contribution >= 4 is 17.1 Å². The summed E-state index contributed by atoms with van der Waals surface area (Å²) in [5.74, 6) is 0.155. The molecule has 1 fully saturated rings. The minimum absolute atomic E-state index is 0.155. The number of carbonyl (C=O) groups excluding carboxylic acids is 1. The molecule has 1 aliphatic carbocycles. The van der Waals surface area contributed by atoms with Crippen LogP contribution in [0.1, 0.15) is 40.9 Å². The fourth-order valence-corrected chi connectivity index (χ4v) is 3.04. The standard InChI is InChI=1S/C11H15NOS/c1-8-4-7-14-9(8)10(13)11(12)5-2-3-6-11/h4,7H,2-3,5-6,12H2,1H3. The van der Waals surface area contributed by atoms with Gasteiger partial charge in [0.15, 0.2) is 5.78 Å². The average molecular weight is 209 g/mol. The summed E-state index contributed by atoms with van der Waals surface area (Å²) in [6.45, 7) is 1.97. The quantitative estimate of drug-likeness (QED) is 0.760. The monoisotopic (exact) mass is 209 g/mol. The summed E-state index contributed by atoms with van der Waals surface area (Å²) in [5.41, 5.74) is 6.63. The molecule has 2 rings (SSSR count). The van der Waals surface area contributed by atoms with Gasteiger partial charge < -0.3 is 5.73 Å². The smallest absolute Gasteiger partial charge is 0.192 e. The van der Waals surface area contributed by atoms with Crippen molar-refractivity contribution in [2.24, 2.45) is 5.73 Å². The third-order valence-electron chi connectivity index (χ3n) is 3.02. The van der Waals surface area contributed by atoms with Crippen LogP contribution in [0.5, 0.6) is 0 Å². The Morgan fingerprint density at radius 3 is 2.64 bits per heavy atom. The molecule has 0 unspecified atom stereocenters. The lowest BCUT2D eigenvalue weighted by atomic mass is 9.91. The number of hydrogen-bond donors (Lipinski definition) is 1. The molecule has 14 heavy (non-hydrogen) atoms. The number of hydrogen-bond acceptors (Lipinski definition) is 3. The lowest BCUT2D eigenvalue weighted by Crippen LogP contribution is -2.45. The van der Waals surface area contributed by atoms with Crippen LogP contribution >= 0.6 is 11.3 Å². The van der Waals surface area contributed by atoms with Gasteiger partial charge >= 0.3 is 0 Å². The molecule has 0 aromatic carbocycles. The zero-order valence-corrected chi connectivity index (χ0v) is 9.19. The van der Waals surface area contributed by atoms with E-state index in [-0.39, 0.29) is 5.78 Å². The van der Waals surface area contributed by atoms with Crippen molar-refractivity contribution in [2.45, 2.75) is 38.1 Å². The first kappa shape index (κ1) is 9.87. The van der Waals surface area contributed by atoms with Crippen molar-refractivity contribution in [3.05, 3.63) is 21.9 Å². The largest absolute Gasteiger partial charge is 0.319 e. The zero-order valence-electron chi connectivity index (χ0n) is 8.38. The first-order chi connectivity index (χ1) is 6.63. The third kappa shape index (κ3) is 1.51. The Hall–Kier alpha value is -0.670. The maximum absolute atomic E-state index is 12.1. The maximum Gasteiger partial charge on any atom is 0.192 e. The molecule has 1 saturated carbocycles. The Morgan fingerprint density at radius 1 is 1.50 bits per heavy atom. The van der Waals surface area contributed by atoms with E-state index < -0.39 is 5.54 Å². The molecule has 0 atom stereocenters. The second-order valence-electron chi connectivity index (χ2n) is 4.13. The van der Waals surface area contributed by atoms with Crippen LogP contribution in [-0.2, 0) is 0 Å². The number of thiophene rings is 1. The highest BCUT2D eigenvalue weighted by Crippen LogP contribution is 2.32. The van der Waals surface area contributed by atoms with Crippen LogP contribution in [0.2, 0.25) is 0 Å². The van der Waals surface area contributed by atoms with Gasteiger partial charge in [0.2, 0.25) is 0 Å². The first-order valence-corrected chi connectivity index (χ1v) is 5.89. The molecule has 76 valence electrons. The molecule has 3 heteroatoms. The molecule has 2 N–H and O–H groups in total. The molecular weight excluding hydrogens is 194 g/mol. The molecule has 1 aliphatic rings. The highest BCUT2D eigenvalue weighted by atomic mass is 32.1. The molecule has 1 aromatic rings. The van der Waals surface area contributed by atoms with Crippen LogP contribution < -0.4 is 5.73 Å². The molecule has 1 aromatic heterocycles. The van der Waals surface area contributed by atoms with Crippen molar-refractivity contribution in [3.63, 3.8) is 0 Å². The number of nitrogens with two attached hydrogens (primary N) is 1. The summed E-state index contributed by atoms with van der Waals surface area (Å²) < 4.78 is 0. The SMILES string of the molecule is Cc1ccsc1C(=O)C1(N)CCCC1. The van der Waals surface area contributed by atoms with Crippen molar-refractivity contribution in [1.82, 2.24) is 0 Å². The summed E-state index contributed by atoms with van der Waals surface area (Å²) in [6.07, 6.45) is 3.88. The molecule has 0 spiro atoms. The van der Waals surface area contributed by atoms with Gasteiger partial charge in [-0.3, -0.25) is 4.79 Å². The van der Waals surface area contributed by atoms with E-state index in [4.69, 9.17) is 5.73 Å². The number of rotatable bonds is 2. The van der Waals surface area contributed by atoms with Gasteiger partial charge in [-0.05, 0) is 36.8 Å². The van der Waals surface area contributed by atoms with E-state index in [1.54, 1.807) is 0 Å². The van der Waals surface area contributed by atoms with Crippen LogP contribution in [-0.4, -0.2) is 11.3 Å². The number of Topliss-reactive ketones (excluding diaryl/α,β-unsaturated/α-hetero) is 1. The maximum atomic E-state index is 12.1. The summed E-state index contributed by atoms with van der Waals surface area (Å²) in [7, 11) is 0. The van der Waals surface area contributed by atoms with Crippen LogP contribution in [0.3, 0.4) is 0 Å². The molecular formula is C11H15NOS. The van der Waals surface area contributed by atoms with Gasteiger partial charge in [-0.25, -0.2) is 0 Å². The lowest BCUT2D eigenvalue weighted by molar-refractivity contribution is 0.0896. The highest BCUT2D eigenvalue weighted by molar-refractivity contribution is 7.12. The van der Waals surface area contributed by atoms with Crippen molar-refractivity contribution in [1.29, 1.82) is 0 Å². The number of ketones is 1. The first-order valence-electron chi connectivity index (χ1n) is 5.01.